The van der Waals surface area contributed by atoms with Crippen molar-refractivity contribution in [3.05, 3.63) is 52.2 Å². The fourth-order valence-electron chi connectivity index (χ4n) is 2.18. The number of carbonyl (C=O) groups is 2. The average Bonchev–Trinajstić information content (AvgIpc) is 3.06. The molecule has 2 rings (SSSR count). The Kier molecular flexibility index (Phi) is 6.35. The first-order valence-corrected chi connectivity index (χ1v) is 8.50. The fraction of sp³-hybridized carbons (Fsp3) is 0.333. The predicted octanol–water partition coefficient (Wildman–Crippen LogP) is 3.77. The zero-order chi connectivity index (χ0) is 16.7. The molecule has 23 heavy (non-hydrogen) atoms. The van der Waals surface area contributed by atoms with E-state index in [1.807, 2.05) is 24.4 Å². The number of ether oxygens (including phenoxy) is 1. The maximum atomic E-state index is 12.1. The molecule has 0 bridgehead atoms. The minimum Gasteiger partial charge on any atom is -0.494 e. The third-order valence-corrected chi connectivity index (χ3v) is 4.31. The van der Waals surface area contributed by atoms with Crippen molar-refractivity contribution < 1.29 is 14.3 Å². The Morgan fingerprint density at radius 3 is 2.48 bits per heavy atom. The second-order valence-corrected chi connectivity index (χ2v) is 6.24. The van der Waals surface area contributed by atoms with E-state index in [0.717, 1.165) is 10.6 Å². The lowest BCUT2D eigenvalue weighted by molar-refractivity contribution is -0.130. The molecule has 0 saturated carbocycles. The Morgan fingerprint density at radius 2 is 1.87 bits per heavy atom. The van der Waals surface area contributed by atoms with Crippen LogP contribution in [0.15, 0.2) is 41.8 Å². The van der Waals surface area contributed by atoms with Gasteiger partial charge in [0.05, 0.1) is 13.2 Å². The number of ketones is 1. The van der Waals surface area contributed by atoms with Crippen LogP contribution in [-0.2, 0) is 11.3 Å². The molecule has 0 radical (unpaired) electrons. The van der Waals surface area contributed by atoms with E-state index in [1.54, 1.807) is 47.5 Å². The lowest BCUT2D eigenvalue weighted by atomic mass is 10.1. The highest BCUT2D eigenvalue weighted by atomic mass is 32.1. The molecule has 1 aromatic carbocycles. The lowest BCUT2D eigenvalue weighted by Crippen LogP contribution is -2.26. The van der Waals surface area contributed by atoms with E-state index in [-0.39, 0.29) is 24.5 Å². The summed E-state index contributed by atoms with van der Waals surface area (Å²) in [7, 11) is 1.77. The van der Waals surface area contributed by atoms with E-state index >= 15 is 0 Å². The van der Waals surface area contributed by atoms with Crippen LogP contribution < -0.4 is 4.74 Å². The normalized spacial score (nSPS) is 10.3. The van der Waals surface area contributed by atoms with Crippen LogP contribution in [0.5, 0.6) is 5.75 Å². The Morgan fingerprint density at radius 1 is 1.13 bits per heavy atom. The molecule has 0 aliphatic heterocycles. The molecule has 0 aliphatic carbocycles. The first kappa shape index (κ1) is 17.2. The van der Waals surface area contributed by atoms with E-state index in [9.17, 15) is 9.59 Å². The number of thiophene rings is 1. The van der Waals surface area contributed by atoms with Gasteiger partial charge in [0.25, 0.3) is 0 Å². The number of rotatable bonds is 8. The van der Waals surface area contributed by atoms with Crippen LogP contribution in [0, 0.1) is 0 Å². The highest BCUT2D eigenvalue weighted by molar-refractivity contribution is 7.09. The summed E-state index contributed by atoms with van der Waals surface area (Å²) in [6.07, 6.45) is 0.454. The minimum absolute atomic E-state index is 0.0160. The molecule has 0 N–H and O–H groups in total. The number of benzene rings is 1. The molecule has 0 aliphatic rings. The molecule has 122 valence electrons. The van der Waals surface area contributed by atoms with Crippen LogP contribution in [0.3, 0.4) is 0 Å². The number of hydrogen-bond acceptors (Lipinski definition) is 4. The molecule has 0 spiro atoms. The van der Waals surface area contributed by atoms with Crippen molar-refractivity contribution in [1.29, 1.82) is 0 Å². The monoisotopic (exact) mass is 331 g/mol. The van der Waals surface area contributed by atoms with E-state index < -0.39 is 0 Å². The quantitative estimate of drug-likeness (QED) is 0.692. The summed E-state index contributed by atoms with van der Waals surface area (Å²) in [6, 6.07) is 11.0. The lowest BCUT2D eigenvalue weighted by Gasteiger charge is -2.16. The SMILES string of the molecule is CCOc1ccc(C(=O)CCC(=O)N(C)Cc2cccs2)cc1. The Bertz CT molecular complexity index is 635. The van der Waals surface area contributed by atoms with Gasteiger partial charge in [-0.25, -0.2) is 0 Å². The third kappa shape index (κ3) is 5.21. The summed E-state index contributed by atoms with van der Waals surface area (Å²) >= 11 is 1.62. The molecule has 2 aromatic rings. The second-order valence-electron chi connectivity index (χ2n) is 5.21. The summed E-state index contributed by atoms with van der Waals surface area (Å²) < 4.78 is 5.35. The minimum atomic E-state index is -0.0223. The van der Waals surface area contributed by atoms with Crippen molar-refractivity contribution in [3.63, 3.8) is 0 Å². The molecular weight excluding hydrogens is 310 g/mol. The van der Waals surface area contributed by atoms with Crippen molar-refractivity contribution >= 4 is 23.0 Å². The summed E-state index contributed by atoms with van der Waals surface area (Å²) in [6.45, 7) is 3.10. The molecule has 4 nitrogen and oxygen atoms in total. The Hall–Kier alpha value is -2.14. The summed E-state index contributed by atoms with van der Waals surface area (Å²) in [5.41, 5.74) is 0.613. The highest BCUT2D eigenvalue weighted by Crippen LogP contribution is 2.15. The van der Waals surface area contributed by atoms with Crippen LogP contribution >= 0.6 is 11.3 Å². The summed E-state index contributed by atoms with van der Waals surface area (Å²) in [5, 5.41) is 1.99. The van der Waals surface area contributed by atoms with Crippen LogP contribution in [0.25, 0.3) is 0 Å². The van der Waals surface area contributed by atoms with Crippen molar-refractivity contribution in [1.82, 2.24) is 4.90 Å². The van der Waals surface area contributed by atoms with Gasteiger partial charge < -0.3 is 9.64 Å². The van der Waals surface area contributed by atoms with Crippen molar-refractivity contribution in [2.45, 2.75) is 26.3 Å². The molecule has 0 unspecified atom stereocenters. The van der Waals surface area contributed by atoms with Gasteiger partial charge in [0, 0.05) is 30.3 Å². The number of hydrogen-bond donors (Lipinski definition) is 0. The van der Waals surface area contributed by atoms with Gasteiger partial charge in [-0.1, -0.05) is 6.07 Å². The average molecular weight is 331 g/mol. The smallest absolute Gasteiger partial charge is 0.223 e. The standard InChI is InChI=1S/C18H21NO3S/c1-3-22-15-8-6-14(7-9-15)17(20)10-11-18(21)19(2)13-16-5-4-12-23-16/h4-9,12H,3,10-11,13H2,1-2H3. The van der Waals surface area contributed by atoms with Gasteiger partial charge in [-0.05, 0) is 42.6 Å². The molecular formula is C18H21NO3S. The number of amides is 1. The molecule has 1 aromatic heterocycles. The molecule has 0 atom stereocenters. The highest BCUT2D eigenvalue weighted by Gasteiger charge is 2.13. The van der Waals surface area contributed by atoms with Gasteiger partial charge in [-0.15, -0.1) is 11.3 Å². The predicted molar refractivity (Wildman–Crippen MR) is 92.0 cm³/mol. The maximum Gasteiger partial charge on any atom is 0.223 e. The molecule has 5 heteroatoms. The second kappa shape index (κ2) is 8.48. The van der Waals surface area contributed by atoms with Crippen molar-refractivity contribution in [2.24, 2.45) is 0 Å². The number of Topliss-reactive ketones (excluding diaryl/α,β-unsaturated/α-hetero) is 1. The summed E-state index contributed by atoms with van der Waals surface area (Å²) in [5.74, 6) is 0.708. The number of nitrogens with zero attached hydrogens (tertiary/aromatic N) is 1. The van der Waals surface area contributed by atoms with Gasteiger partial charge in [0.1, 0.15) is 5.75 Å². The maximum absolute atomic E-state index is 12.1. The molecule has 1 heterocycles. The van der Waals surface area contributed by atoms with Gasteiger partial charge in [0.2, 0.25) is 5.91 Å². The third-order valence-electron chi connectivity index (χ3n) is 3.45. The zero-order valence-corrected chi connectivity index (χ0v) is 14.3. The van der Waals surface area contributed by atoms with E-state index in [0.29, 0.717) is 18.7 Å². The Labute approximate surface area is 140 Å². The largest absolute Gasteiger partial charge is 0.494 e. The van der Waals surface area contributed by atoms with E-state index in [2.05, 4.69) is 0 Å². The van der Waals surface area contributed by atoms with Crippen LogP contribution in [0.4, 0.5) is 0 Å². The van der Waals surface area contributed by atoms with Gasteiger partial charge in [-0.3, -0.25) is 9.59 Å². The first-order valence-electron chi connectivity index (χ1n) is 7.62. The van der Waals surface area contributed by atoms with Gasteiger partial charge in [-0.2, -0.15) is 0 Å². The molecule has 0 fully saturated rings. The van der Waals surface area contributed by atoms with Crippen LogP contribution in [0.1, 0.15) is 35.0 Å². The van der Waals surface area contributed by atoms with Gasteiger partial charge >= 0.3 is 0 Å². The zero-order valence-electron chi connectivity index (χ0n) is 13.5. The van der Waals surface area contributed by atoms with Crippen LogP contribution in [0.2, 0.25) is 0 Å². The van der Waals surface area contributed by atoms with Crippen LogP contribution in [-0.4, -0.2) is 30.2 Å². The molecule has 1 amide bonds. The number of carbonyl (C=O) groups excluding carboxylic acids is 2. The molecule has 0 saturated heterocycles. The van der Waals surface area contributed by atoms with E-state index in [1.165, 1.54) is 0 Å². The van der Waals surface area contributed by atoms with E-state index in [4.69, 9.17) is 4.74 Å². The fourth-order valence-corrected chi connectivity index (χ4v) is 2.94. The Balaban J connectivity index is 1.82. The van der Waals surface area contributed by atoms with Gasteiger partial charge in [0.15, 0.2) is 5.78 Å². The first-order chi connectivity index (χ1) is 11.1. The van der Waals surface area contributed by atoms with Crippen molar-refractivity contribution in [2.75, 3.05) is 13.7 Å². The topological polar surface area (TPSA) is 46.6 Å². The van der Waals surface area contributed by atoms with Crippen molar-refractivity contribution in [3.8, 4) is 5.75 Å². The summed E-state index contributed by atoms with van der Waals surface area (Å²) in [4.78, 5) is 27.1.